The van der Waals surface area contributed by atoms with Gasteiger partial charge in [-0.15, -0.1) is 0 Å². The second kappa shape index (κ2) is 11.0. The van der Waals surface area contributed by atoms with Crippen LogP contribution >= 0.6 is 0 Å². The molecule has 1 atom stereocenters. The normalized spacial score (nSPS) is 17.4. The van der Waals surface area contributed by atoms with Crippen LogP contribution in [0, 0.1) is 6.92 Å². The standard InChI is InChI=1S/C29H37N3O4/c1-3-26(33)24-16-20(2)17-25-23(24)5-7-29(34)32(25)13-12-31-10-8-22(9-11-31)30-19-21-4-6-27-28(18-21)36-15-14-35-27/h4-7,16-18,22,26,30,33H,3,8-15,19H2,1-2H3. The molecule has 0 bridgehead atoms. The zero-order valence-corrected chi connectivity index (χ0v) is 21.3. The molecule has 0 aliphatic carbocycles. The Morgan fingerprint density at radius 3 is 2.58 bits per heavy atom. The summed E-state index contributed by atoms with van der Waals surface area (Å²) >= 11 is 0. The molecule has 2 aliphatic heterocycles. The molecule has 1 saturated heterocycles. The highest BCUT2D eigenvalue weighted by Crippen LogP contribution is 2.31. The van der Waals surface area contributed by atoms with Crippen LogP contribution in [0.5, 0.6) is 11.5 Å². The number of aliphatic hydroxyl groups excluding tert-OH is 1. The van der Waals surface area contributed by atoms with Crippen molar-refractivity contribution in [3.63, 3.8) is 0 Å². The van der Waals surface area contributed by atoms with Crippen LogP contribution in [0.1, 0.15) is 49.0 Å². The van der Waals surface area contributed by atoms with Gasteiger partial charge < -0.3 is 29.4 Å². The van der Waals surface area contributed by atoms with Gasteiger partial charge in [0.05, 0.1) is 11.6 Å². The summed E-state index contributed by atoms with van der Waals surface area (Å²) in [4.78, 5) is 15.2. The van der Waals surface area contributed by atoms with E-state index in [0.29, 0.717) is 32.2 Å². The van der Waals surface area contributed by atoms with Crippen molar-refractivity contribution < 1.29 is 14.6 Å². The van der Waals surface area contributed by atoms with Gasteiger partial charge in [-0.2, -0.15) is 0 Å². The van der Waals surface area contributed by atoms with Crippen LogP contribution in [0.3, 0.4) is 0 Å². The molecule has 192 valence electrons. The number of likely N-dealkylation sites (tertiary alicyclic amines) is 1. The number of fused-ring (bicyclic) bond motifs is 2. The Morgan fingerprint density at radius 2 is 1.81 bits per heavy atom. The highest BCUT2D eigenvalue weighted by Gasteiger charge is 2.20. The van der Waals surface area contributed by atoms with Crippen molar-refractivity contribution >= 4 is 10.9 Å². The minimum Gasteiger partial charge on any atom is -0.486 e. The summed E-state index contributed by atoms with van der Waals surface area (Å²) in [5.41, 5.74) is 4.11. The number of hydrogen-bond donors (Lipinski definition) is 2. The van der Waals surface area contributed by atoms with E-state index in [9.17, 15) is 9.90 Å². The van der Waals surface area contributed by atoms with Crippen molar-refractivity contribution in [2.45, 2.75) is 58.3 Å². The summed E-state index contributed by atoms with van der Waals surface area (Å²) in [6.07, 6.45) is 2.30. The van der Waals surface area contributed by atoms with Crippen LogP contribution in [0.15, 0.2) is 47.3 Å². The average molecular weight is 492 g/mol. The van der Waals surface area contributed by atoms with Crippen molar-refractivity contribution in [2.24, 2.45) is 0 Å². The second-order valence-corrected chi connectivity index (χ2v) is 10.0. The number of pyridine rings is 1. The number of ether oxygens (including phenoxy) is 2. The van der Waals surface area contributed by atoms with Crippen molar-refractivity contribution in [1.29, 1.82) is 0 Å². The fraction of sp³-hybridized carbons (Fsp3) is 0.483. The lowest BCUT2D eigenvalue weighted by molar-refractivity contribution is 0.171. The van der Waals surface area contributed by atoms with Crippen LogP contribution < -0.4 is 20.3 Å². The number of benzene rings is 2. The minimum absolute atomic E-state index is 0.0148. The van der Waals surface area contributed by atoms with Crippen molar-refractivity contribution in [3.05, 3.63) is 69.5 Å². The molecular weight excluding hydrogens is 454 g/mol. The molecule has 2 aromatic carbocycles. The molecule has 3 aromatic rings. The average Bonchev–Trinajstić information content (AvgIpc) is 2.91. The summed E-state index contributed by atoms with van der Waals surface area (Å²) in [5.74, 6) is 1.67. The first-order valence-electron chi connectivity index (χ1n) is 13.2. The Balaban J connectivity index is 1.17. The smallest absolute Gasteiger partial charge is 0.251 e. The van der Waals surface area contributed by atoms with Crippen molar-refractivity contribution in [1.82, 2.24) is 14.8 Å². The number of hydrogen-bond acceptors (Lipinski definition) is 6. The topological polar surface area (TPSA) is 76.0 Å². The van der Waals surface area contributed by atoms with E-state index in [0.717, 1.165) is 72.5 Å². The van der Waals surface area contributed by atoms with Gasteiger partial charge in [-0.1, -0.05) is 19.1 Å². The van der Waals surface area contributed by atoms with E-state index in [1.54, 1.807) is 6.07 Å². The number of rotatable bonds is 8. The number of nitrogens with one attached hydrogen (secondary N) is 1. The van der Waals surface area contributed by atoms with E-state index in [4.69, 9.17) is 9.47 Å². The number of piperidine rings is 1. The van der Waals surface area contributed by atoms with E-state index in [2.05, 4.69) is 28.4 Å². The van der Waals surface area contributed by atoms with Gasteiger partial charge in [0.25, 0.3) is 5.56 Å². The van der Waals surface area contributed by atoms with E-state index < -0.39 is 6.10 Å². The summed E-state index contributed by atoms with van der Waals surface area (Å²) in [6, 6.07) is 14.3. The fourth-order valence-corrected chi connectivity index (χ4v) is 5.36. The number of aliphatic hydroxyl groups is 1. The maximum absolute atomic E-state index is 12.8. The number of aryl methyl sites for hydroxylation is 1. The van der Waals surface area contributed by atoms with Crippen molar-refractivity contribution in [2.75, 3.05) is 32.8 Å². The van der Waals surface area contributed by atoms with E-state index in [-0.39, 0.29) is 5.56 Å². The number of nitrogens with zero attached hydrogens (tertiary/aromatic N) is 2. The summed E-state index contributed by atoms with van der Waals surface area (Å²) in [7, 11) is 0. The molecule has 0 spiro atoms. The molecule has 2 aliphatic rings. The third kappa shape index (κ3) is 5.43. The molecule has 0 radical (unpaired) electrons. The number of aromatic nitrogens is 1. The Kier molecular flexibility index (Phi) is 7.60. The SMILES string of the molecule is CCC(O)c1cc(C)cc2c1ccc(=O)n2CCN1CCC(NCc2ccc3c(c2)OCCO3)CC1. The Bertz CT molecular complexity index is 1260. The lowest BCUT2D eigenvalue weighted by atomic mass is 9.99. The van der Waals surface area contributed by atoms with Crippen LogP contribution in [-0.2, 0) is 13.1 Å². The highest BCUT2D eigenvalue weighted by molar-refractivity contribution is 5.84. The van der Waals surface area contributed by atoms with Crippen LogP contribution in [0.2, 0.25) is 0 Å². The predicted octanol–water partition coefficient (Wildman–Crippen LogP) is 3.78. The van der Waals surface area contributed by atoms with Gasteiger partial charge in [-0.3, -0.25) is 4.79 Å². The van der Waals surface area contributed by atoms with Gasteiger partial charge >= 0.3 is 0 Å². The fourth-order valence-electron chi connectivity index (χ4n) is 5.36. The maximum Gasteiger partial charge on any atom is 0.251 e. The molecule has 3 heterocycles. The lowest BCUT2D eigenvalue weighted by Gasteiger charge is -2.32. The molecule has 0 saturated carbocycles. The third-order valence-electron chi connectivity index (χ3n) is 7.46. The summed E-state index contributed by atoms with van der Waals surface area (Å²) in [5, 5.41) is 15.2. The van der Waals surface area contributed by atoms with Crippen LogP contribution in [0.25, 0.3) is 10.9 Å². The van der Waals surface area contributed by atoms with Gasteiger partial charge in [0.2, 0.25) is 0 Å². The molecular formula is C29H37N3O4. The van der Waals surface area contributed by atoms with Gasteiger partial charge in [-0.05, 0) is 80.2 Å². The summed E-state index contributed by atoms with van der Waals surface area (Å²) in [6.45, 7) is 9.55. The first-order chi connectivity index (χ1) is 17.5. The quantitative estimate of drug-likeness (QED) is 0.500. The predicted molar refractivity (Wildman–Crippen MR) is 142 cm³/mol. The molecule has 36 heavy (non-hydrogen) atoms. The monoisotopic (exact) mass is 491 g/mol. The first kappa shape index (κ1) is 24.8. The zero-order valence-electron chi connectivity index (χ0n) is 21.3. The Morgan fingerprint density at radius 1 is 1.03 bits per heavy atom. The van der Waals surface area contributed by atoms with E-state index in [1.165, 1.54) is 5.56 Å². The molecule has 1 fully saturated rings. The summed E-state index contributed by atoms with van der Waals surface area (Å²) < 4.78 is 13.2. The van der Waals surface area contributed by atoms with Gasteiger partial charge in [0.1, 0.15) is 13.2 Å². The Hall–Kier alpha value is -2.87. The molecule has 1 unspecified atom stereocenters. The molecule has 5 rings (SSSR count). The molecule has 1 aromatic heterocycles. The van der Waals surface area contributed by atoms with Crippen LogP contribution in [-0.4, -0.2) is 53.5 Å². The minimum atomic E-state index is -0.521. The van der Waals surface area contributed by atoms with E-state index in [1.807, 2.05) is 36.6 Å². The second-order valence-electron chi connectivity index (χ2n) is 10.0. The van der Waals surface area contributed by atoms with Crippen LogP contribution in [0.4, 0.5) is 0 Å². The molecule has 7 heteroatoms. The molecule has 7 nitrogen and oxygen atoms in total. The zero-order chi connectivity index (χ0) is 25.1. The maximum atomic E-state index is 12.8. The first-order valence-corrected chi connectivity index (χ1v) is 13.2. The lowest BCUT2D eigenvalue weighted by Crippen LogP contribution is -2.43. The van der Waals surface area contributed by atoms with Gasteiger partial charge in [0, 0.05) is 37.1 Å². The van der Waals surface area contributed by atoms with Gasteiger partial charge in [0.15, 0.2) is 11.5 Å². The van der Waals surface area contributed by atoms with E-state index >= 15 is 0 Å². The third-order valence-corrected chi connectivity index (χ3v) is 7.46. The molecule has 2 N–H and O–H groups in total. The van der Waals surface area contributed by atoms with Gasteiger partial charge in [-0.25, -0.2) is 0 Å². The Labute approximate surface area is 212 Å². The highest BCUT2D eigenvalue weighted by atomic mass is 16.6. The molecule has 0 amide bonds. The largest absolute Gasteiger partial charge is 0.486 e. The van der Waals surface area contributed by atoms with Crippen molar-refractivity contribution in [3.8, 4) is 11.5 Å².